The molecule has 1 fully saturated rings. The maximum atomic E-state index is 13.9. The molecule has 0 unspecified atom stereocenters. The Balaban J connectivity index is 0.000000861. The van der Waals surface area contributed by atoms with Crippen molar-refractivity contribution in [3.05, 3.63) is 28.6 Å². The molecule has 0 aromatic heterocycles. The molecule has 0 saturated carbocycles. The number of halogens is 3. The minimum atomic E-state index is -1.10. The summed E-state index contributed by atoms with van der Waals surface area (Å²) in [6.45, 7) is 8.48. The van der Waals surface area contributed by atoms with Gasteiger partial charge in [0.25, 0.3) is 0 Å². The minimum absolute atomic E-state index is 0.0221. The molecular weight excluding hydrogens is 255 g/mol. The van der Waals surface area contributed by atoms with Gasteiger partial charge in [-0.3, -0.25) is 0 Å². The first-order valence-corrected chi connectivity index (χ1v) is 6.50. The van der Waals surface area contributed by atoms with Crippen molar-refractivity contribution in [1.29, 1.82) is 0 Å². The summed E-state index contributed by atoms with van der Waals surface area (Å²) in [4.78, 5) is 1.62. The van der Waals surface area contributed by atoms with Crippen molar-refractivity contribution >= 4 is 5.69 Å². The predicted molar refractivity (Wildman–Crippen MR) is 70.2 cm³/mol. The fourth-order valence-electron chi connectivity index (χ4n) is 2.08. The molecule has 1 aromatic carbocycles. The number of hydrogen-bond donors (Lipinski definition) is 0. The van der Waals surface area contributed by atoms with E-state index in [4.69, 9.17) is 4.74 Å². The van der Waals surface area contributed by atoms with Crippen LogP contribution in [0.25, 0.3) is 0 Å². The van der Waals surface area contributed by atoms with Gasteiger partial charge in [0.05, 0.1) is 18.9 Å². The maximum absolute atomic E-state index is 13.9. The van der Waals surface area contributed by atoms with Crippen LogP contribution in [0, 0.1) is 31.3 Å². The van der Waals surface area contributed by atoms with Crippen LogP contribution in [-0.4, -0.2) is 26.3 Å². The average molecular weight is 275 g/mol. The Morgan fingerprint density at radius 1 is 0.842 bits per heavy atom. The smallest absolute Gasteiger partial charge is 0.182 e. The monoisotopic (exact) mass is 275 g/mol. The van der Waals surface area contributed by atoms with Gasteiger partial charge in [0.1, 0.15) is 5.82 Å². The lowest BCUT2D eigenvalue weighted by Crippen LogP contribution is -2.37. The predicted octanol–water partition coefficient (Wildman–Crippen LogP) is 3.58. The summed E-state index contributed by atoms with van der Waals surface area (Å²) < 4.78 is 46.2. The van der Waals surface area contributed by atoms with E-state index >= 15 is 0 Å². The van der Waals surface area contributed by atoms with Crippen LogP contribution in [0.4, 0.5) is 18.9 Å². The summed E-state index contributed by atoms with van der Waals surface area (Å²) in [6, 6.07) is 0. The molecule has 1 aliphatic rings. The molecule has 0 atom stereocenters. The standard InChI is InChI=1S/C12H14F3NO.C2H6/c1-7-9(13)8(2)12(11(15)10(7)14)16-3-5-17-6-4-16;1-2/h3-6H2,1-2H3;1-2H3. The number of hydrogen-bond acceptors (Lipinski definition) is 2. The van der Waals surface area contributed by atoms with Gasteiger partial charge in [0, 0.05) is 24.2 Å². The Morgan fingerprint density at radius 3 is 1.89 bits per heavy atom. The summed E-state index contributed by atoms with van der Waals surface area (Å²) >= 11 is 0. The van der Waals surface area contributed by atoms with E-state index in [0.717, 1.165) is 0 Å². The van der Waals surface area contributed by atoms with Crippen molar-refractivity contribution in [2.24, 2.45) is 0 Å². The lowest BCUT2D eigenvalue weighted by molar-refractivity contribution is 0.122. The SMILES string of the molecule is CC.Cc1c(F)c(C)c(N2CCOCC2)c(F)c1F. The second-order valence-corrected chi connectivity index (χ2v) is 4.14. The van der Waals surface area contributed by atoms with E-state index in [-0.39, 0.29) is 16.8 Å². The topological polar surface area (TPSA) is 12.5 Å². The van der Waals surface area contributed by atoms with Crippen molar-refractivity contribution in [1.82, 2.24) is 0 Å². The summed E-state index contributed by atoms with van der Waals surface area (Å²) in [6.07, 6.45) is 0. The molecule has 1 heterocycles. The average Bonchev–Trinajstić information content (AvgIpc) is 2.46. The third kappa shape index (κ3) is 3.03. The highest BCUT2D eigenvalue weighted by molar-refractivity contribution is 5.57. The molecule has 1 aromatic rings. The van der Waals surface area contributed by atoms with Crippen LogP contribution in [0.15, 0.2) is 0 Å². The van der Waals surface area contributed by atoms with Crippen LogP contribution in [-0.2, 0) is 4.74 Å². The van der Waals surface area contributed by atoms with E-state index in [9.17, 15) is 13.2 Å². The fraction of sp³-hybridized carbons (Fsp3) is 0.571. The Hall–Kier alpha value is -1.23. The van der Waals surface area contributed by atoms with Crippen LogP contribution in [0.2, 0.25) is 0 Å². The molecule has 1 aliphatic heterocycles. The van der Waals surface area contributed by atoms with Gasteiger partial charge in [-0.05, 0) is 13.8 Å². The zero-order chi connectivity index (χ0) is 14.6. The van der Waals surface area contributed by atoms with Gasteiger partial charge in [-0.2, -0.15) is 0 Å². The highest BCUT2D eigenvalue weighted by Gasteiger charge is 2.25. The lowest BCUT2D eigenvalue weighted by Gasteiger charge is -2.30. The molecule has 0 radical (unpaired) electrons. The van der Waals surface area contributed by atoms with Gasteiger partial charge in [0.2, 0.25) is 0 Å². The zero-order valence-electron chi connectivity index (χ0n) is 11.8. The largest absolute Gasteiger partial charge is 0.378 e. The van der Waals surface area contributed by atoms with Crippen LogP contribution >= 0.6 is 0 Å². The molecule has 0 N–H and O–H groups in total. The van der Waals surface area contributed by atoms with Crippen molar-refractivity contribution in [3.8, 4) is 0 Å². The van der Waals surface area contributed by atoms with Crippen LogP contribution in [0.1, 0.15) is 25.0 Å². The van der Waals surface area contributed by atoms with E-state index in [1.165, 1.54) is 13.8 Å². The molecule has 0 aliphatic carbocycles. The second kappa shape index (κ2) is 6.80. The third-order valence-corrected chi connectivity index (χ3v) is 3.07. The first kappa shape index (κ1) is 15.8. The molecule has 19 heavy (non-hydrogen) atoms. The van der Waals surface area contributed by atoms with Gasteiger partial charge in [0.15, 0.2) is 11.6 Å². The number of benzene rings is 1. The van der Waals surface area contributed by atoms with Crippen LogP contribution in [0.3, 0.4) is 0 Å². The Labute approximate surface area is 112 Å². The van der Waals surface area contributed by atoms with Crippen molar-refractivity contribution in [2.45, 2.75) is 27.7 Å². The summed E-state index contributed by atoms with van der Waals surface area (Å²) in [5.74, 6) is -2.75. The molecule has 5 heteroatoms. The van der Waals surface area contributed by atoms with Crippen LogP contribution < -0.4 is 4.90 Å². The number of nitrogens with zero attached hydrogens (tertiary/aromatic N) is 1. The Bertz CT molecular complexity index is 414. The Morgan fingerprint density at radius 2 is 1.37 bits per heavy atom. The van der Waals surface area contributed by atoms with E-state index in [1.54, 1.807) is 4.90 Å². The number of rotatable bonds is 1. The van der Waals surface area contributed by atoms with E-state index in [1.807, 2.05) is 13.8 Å². The van der Waals surface area contributed by atoms with Crippen molar-refractivity contribution in [2.75, 3.05) is 31.2 Å². The highest BCUT2D eigenvalue weighted by Crippen LogP contribution is 2.31. The number of morpholine rings is 1. The normalized spacial score (nSPS) is 15.0. The van der Waals surface area contributed by atoms with Gasteiger partial charge in [-0.1, -0.05) is 13.8 Å². The maximum Gasteiger partial charge on any atom is 0.182 e. The van der Waals surface area contributed by atoms with Gasteiger partial charge < -0.3 is 9.64 Å². The quantitative estimate of drug-likeness (QED) is 0.726. The minimum Gasteiger partial charge on any atom is -0.378 e. The highest BCUT2D eigenvalue weighted by atomic mass is 19.2. The summed E-state index contributed by atoms with van der Waals surface area (Å²) in [5.41, 5.74) is -0.0887. The van der Waals surface area contributed by atoms with Gasteiger partial charge in [-0.25, -0.2) is 13.2 Å². The van der Waals surface area contributed by atoms with Crippen molar-refractivity contribution < 1.29 is 17.9 Å². The number of anilines is 1. The molecule has 108 valence electrons. The van der Waals surface area contributed by atoms with Gasteiger partial charge in [-0.15, -0.1) is 0 Å². The van der Waals surface area contributed by atoms with E-state index < -0.39 is 17.5 Å². The van der Waals surface area contributed by atoms with Crippen LogP contribution in [0.5, 0.6) is 0 Å². The first-order chi connectivity index (χ1) is 9.04. The zero-order valence-corrected chi connectivity index (χ0v) is 11.8. The molecule has 0 bridgehead atoms. The third-order valence-electron chi connectivity index (χ3n) is 3.07. The molecule has 2 rings (SSSR count). The van der Waals surface area contributed by atoms with Crippen molar-refractivity contribution in [3.63, 3.8) is 0 Å². The second-order valence-electron chi connectivity index (χ2n) is 4.14. The molecule has 0 amide bonds. The van der Waals surface area contributed by atoms with Gasteiger partial charge >= 0.3 is 0 Å². The Kier molecular flexibility index (Phi) is 5.66. The van der Waals surface area contributed by atoms with E-state index in [0.29, 0.717) is 26.3 Å². The number of ether oxygens (including phenoxy) is 1. The molecule has 1 saturated heterocycles. The summed E-state index contributed by atoms with van der Waals surface area (Å²) in [5, 5.41) is 0. The first-order valence-electron chi connectivity index (χ1n) is 6.50. The molecule has 2 nitrogen and oxygen atoms in total. The molecule has 0 spiro atoms. The van der Waals surface area contributed by atoms with E-state index in [2.05, 4.69) is 0 Å². The lowest BCUT2D eigenvalue weighted by atomic mass is 10.1. The molecular formula is C14H20F3NO. The summed E-state index contributed by atoms with van der Waals surface area (Å²) in [7, 11) is 0. The fourth-order valence-corrected chi connectivity index (χ4v) is 2.08.